The molecule has 0 fully saturated rings. The highest BCUT2D eigenvalue weighted by molar-refractivity contribution is 6.32. The number of aryl methyl sites for hydroxylation is 2. The molecule has 6 heteroatoms. The molecular weight excluding hydrogens is 315 g/mol. The molecule has 114 valence electrons. The first-order chi connectivity index (χ1) is 10.2. The van der Waals surface area contributed by atoms with Crippen LogP contribution in [-0.2, 0) is 19.6 Å². The number of benzene rings is 1. The highest BCUT2D eigenvalue weighted by Gasteiger charge is 2.43. The molecule has 1 aliphatic rings. The van der Waals surface area contributed by atoms with Gasteiger partial charge in [-0.1, -0.05) is 11.6 Å². The van der Waals surface area contributed by atoms with E-state index in [2.05, 4.69) is 0 Å². The van der Waals surface area contributed by atoms with Crippen molar-refractivity contribution in [3.8, 4) is 11.3 Å². The van der Waals surface area contributed by atoms with Crippen LogP contribution in [0.5, 0.6) is 0 Å². The SMILES string of the molecule is Cc1cc(Cl)c(C(F)(F)F)c2c1-c1c(ccc[n+]1C)CC2=O. The quantitative estimate of drug-likeness (QED) is 0.673. The first kappa shape index (κ1) is 15.0. The molecule has 0 bridgehead atoms. The van der Waals surface area contributed by atoms with Gasteiger partial charge in [-0.3, -0.25) is 4.79 Å². The number of Topliss-reactive ketones (excluding diaryl/α,β-unsaturated/α-hetero) is 1. The molecule has 0 saturated heterocycles. The summed E-state index contributed by atoms with van der Waals surface area (Å²) >= 11 is 5.80. The molecule has 1 aromatic carbocycles. The molecular formula is C16H12ClF3NO+. The second-order valence-corrected chi connectivity index (χ2v) is 5.80. The van der Waals surface area contributed by atoms with E-state index < -0.39 is 22.5 Å². The minimum atomic E-state index is -4.67. The summed E-state index contributed by atoms with van der Waals surface area (Å²) < 4.78 is 41.9. The van der Waals surface area contributed by atoms with Crippen molar-refractivity contribution in [3.63, 3.8) is 0 Å². The van der Waals surface area contributed by atoms with Gasteiger partial charge in [-0.25, -0.2) is 4.57 Å². The van der Waals surface area contributed by atoms with Crippen LogP contribution >= 0.6 is 11.6 Å². The van der Waals surface area contributed by atoms with Crippen LogP contribution in [0.1, 0.15) is 27.0 Å². The lowest BCUT2D eigenvalue weighted by Gasteiger charge is -2.23. The number of carbonyl (C=O) groups excluding carboxylic acids is 1. The van der Waals surface area contributed by atoms with E-state index in [1.54, 1.807) is 36.9 Å². The van der Waals surface area contributed by atoms with Crippen LogP contribution in [-0.4, -0.2) is 5.78 Å². The van der Waals surface area contributed by atoms with Gasteiger partial charge in [0.15, 0.2) is 12.0 Å². The zero-order valence-electron chi connectivity index (χ0n) is 11.9. The summed E-state index contributed by atoms with van der Waals surface area (Å²) in [6, 6.07) is 4.81. The van der Waals surface area contributed by atoms with Crippen LogP contribution in [0.2, 0.25) is 5.02 Å². The molecule has 0 atom stereocenters. The van der Waals surface area contributed by atoms with Gasteiger partial charge in [0.05, 0.1) is 16.1 Å². The number of hydrogen-bond acceptors (Lipinski definition) is 1. The maximum absolute atomic E-state index is 13.4. The van der Waals surface area contributed by atoms with Gasteiger partial charge in [0.25, 0.3) is 0 Å². The van der Waals surface area contributed by atoms with Gasteiger partial charge in [0.1, 0.15) is 7.05 Å². The Morgan fingerprint density at radius 1 is 1.27 bits per heavy atom. The molecule has 1 aliphatic carbocycles. The summed E-state index contributed by atoms with van der Waals surface area (Å²) in [7, 11) is 1.75. The Balaban J connectivity index is 2.49. The van der Waals surface area contributed by atoms with Crippen LogP contribution in [0.15, 0.2) is 24.4 Å². The maximum atomic E-state index is 13.4. The van der Waals surface area contributed by atoms with Gasteiger partial charge in [0, 0.05) is 23.6 Å². The molecule has 1 aromatic heterocycles. The Morgan fingerprint density at radius 2 is 1.95 bits per heavy atom. The third-order valence-corrected chi connectivity index (χ3v) is 4.19. The molecule has 0 spiro atoms. The van der Waals surface area contributed by atoms with E-state index in [9.17, 15) is 18.0 Å². The molecule has 22 heavy (non-hydrogen) atoms. The van der Waals surface area contributed by atoms with E-state index in [0.29, 0.717) is 16.8 Å². The van der Waals surface area contributed by atoms with E-state index >= 15 is 0 Å². The molecule has 2 aromatic rings. The van der Waals surface area contributed by atoms with Gasteiger partial charge in [-0.15, -0.1) is 0 Å². The maximum Gasteiger partial charge on any atom is 0.418 e. The lowest BCUT2D eigenvalue weighted by atomic mass is 9.82. The third kappa shape index (κ3) is 2.11. The lowest BCUT2D eigenvalue weighted by molar-refractivity contribution is -0.660. The number of rotatable bonds is 0. The minimum Gasteiger partial charge on any atom is -0.294 e. The molecule has 2 nitrogen and oxygen atoms in total. The van der Waals surface area contributed by atoms with Crippen molar-refractivity contribution in [2.24, 2.45) is 7.05 Å². The van der Waals surface area contributed by atoms with Crippen molar-refractivity contribution in [3.05, 3.63) is 51.7 Å². The molecule has 0 saturated carbocycles. The molecule has 0 amide bonds. The normalized spacial score (nSPS) is 13.8. The van der Waals surface area contributed by atoms with Crippen LogP contribution in [0.25, 0.3) is 11.3 Å². The van der Waals surface area contributed by atoms with Gasteiger partial charge in [-0.2, -0.15) is 13.2 Å². The van der Waals surface area contributed by atoms with Crippen molar-refractivity contribution in [1.29, 1.82) is 0 Å². The molecule has 3 rings (SSSR count). The van der Waals surface area contributed by atoms with Crippen LogP contribution in [0.4, 0.5) is 13.2 Å². The number of fused-ring (bicyclic) bond motifs is 3. The number of aromatic nitrogens is 1. The van der Waals surface area contributed by atoms with Crippen molar-refractivity contribution in [2.45, 2.75) is 19.5 Å². The third-order valence-electron chi connectivity index (χ3n) is 3.89. The van der Waals surface area contributed by atoms with Crippen molar-refractivity contribution >= 4 is 17.4 Å². The average Bonchev–Trinajstić information content (AvgIpc) is 2.37. The van der Waals surface area contributed by atoms with Gasteiger partial charge < -0.3 is 0 Å². The van der Waals surface area contributed by atoms with Crippen molar-refractivity contribution in [1.82, 2.24) is 0 Å². The topological polar surface area (TPSA) is 20.9 Å². The number of carbonyl (C=O) groups is 1. The number of pyridine rings is 1. The van der Waals surface area contributed by atoms with Crippen LogP contribution < -0.4 is 4.57 Å². The summed E-state index contributed by atoms with van der Waals surface area (Å²) in [6.45, 7) is 1.67. The van der Waals surface area contributed by atoms with E-state index in [0.717, 1.165) is 5.56 Å². The Morgan fingerprint density at radius 3 is 2.59 bits per heavy atom. The second-order valence-electron chi connectivity index (χ2n) is 5.39. The Hall–Kier alpha value is -1.88. The average molecular weight is 327 g/mol. The summed E-state index contributed by atoms with van der Waals surface area (Å²) in [5, 5.41) is -0.431. The summed E-state index contributed by atoms with van der Waals surface area (Å²) in [5.41, 5.74) is 0.897. The standard InChI is InChI=1S/C16H12ClF3NO/c1-8-6-10(17)14(16(18,19)20)13-11(22)7-9-4-3-5-21(2)15(9)12(8)13/h3-6H,7H2,1-2H3/q+1. The number of halogens is 4. The number of hydrogen-bond donors (Lipinski definition) is 0. The fourth-order valence-corrected chi connectivity index (χ4v) is 3.41. The first-order valence-corrected chi connectivity index (χ1v) is 7.01. The van der Waals surface area contributed by atoms with E-state index in [1.807, 2.05) is 0 Å². The number of ketones is 1. The zero-order valence-corrected chi connectivity index (χ0v) is 12.6. The first-order valence-electron chi connectivity index (χ1n) is 6.63. The summed E-state index contributed by atoms with van der Waals surface area (Å²) in [6.07, 6.45) is -2.98. The highest BCUT2D eigenvalue weighted by atomic mass is 35.5. The van der Waals surface area contributed by atoms with E-state index in [1.165, 1.54) is 6.07 Å². The van der Waals surface area contributed by atoms with E-state index in [-0.39, 0.29) is 12.0 Å². The fraction of sp³-hybridized carbons (Fsp3) is 0.250. The van der Waals surface area contributed by atoms with Crippen LogP contribution in [0, 0.1) is 6.92 Å². The Kier molecular flexibility index (Phi) is 3.29. The lowest BCUT2D eigenvalue weighted by Crippen LogP contribution is -2.35. The Labute approximate surface area is 130 Å². The number of nitrogens with zero attached hydrogens (tertiary/aromatic N) is 1. The zero-order chi connectivity index (χ0) is 16.2. The van der Waals surface area contributed by atoms with Crippen molar-refractivity contribution in [2.75, 3.05) is 0 Å². The van der Waals surface area contributed by atoms with Gasteiger partial charge in [-0.05, 0) is 24.6 Å². The molecule has 0 radical (unpaired) electrons. The molecule has 1 heterocycles. The van der Waals surface area contributed by atoms with Gasteiger partial charge in [0.2, 0.25) is 5.69 Å². The largest absolute Gasteiger partial charge is 0.418 e. The number of alkyl halides is 3. The predicted molar refractivity (Wildman–Crippen MR) is 75.8 cm³/mol. The smallest absolute Gasteiger partial charge is 0.294 e. The summed E-state index contributed by atoms with van der Waals surface area (Å²) in [4.78, 5) is 12.4. The summed E-state index contributed by atoms with van der Waals surface area (Å²) in [5.74, 6) is -0.549. The predicted octanol–water partition coefficient (Wildman–Crippen LogP) is 3.90. The minimum absolute atomic E-state index is 0.0557. The molecule has 0 unspecified atom stereocenters. The van der Waals surface area contributed by atoms with Gasteiger partial charge >= 0.3 is 6.18 Å². The molecule has 0 N–H and O–H groups in total. The highest BCUT2D eigenvalue weighted by Crippen LogP contribution is 2.45. The van der Waals surface area contributed by atoms with Crippen molar-refractivity contribution < 1.29 is 22.5 Å². The monoisotopic (exact) mass is 326 g/mol. The van der Waals surface area contributed by atoms with E-state index in [4.69, 9.17) is 11.6 Å². The second kappa shape index (κ2) is 4.81. The molecule has 0 aliphatic heterocycles. The Bertz CT molecular complexity index is 812. The fourth-order valence-electron chi connectivity index (χ4n) is 3.05. The van der Waals surface area contributed by atoms with Crippen LogP contribution in [0.3, 0.4) is 0 Å².